The fourth-order valence-corrected chi connectivity index (χ4v) is 1.82. The quantitative estimate of drug-likeness (QED) is 0.728. The van der Waals surface area contributed by atoms with E-state index in [1.165, 1.54) is 0 Å². The molecule has 14 heavy (non-hydrogen) atoms. The van der Waals surface area contributed by atoms with Gasteiger partial charge in [0.15, 0.2) is 0 Å². The zero-order valence-electron chi connectivity index (χ0n) is 9.03. The lowest BCUT2D eigenvalue weighted by Crippen LogP contribution is -2.45. The molecule has 82 valence electrons. The van der Waals surface area contributed by atoms with Gasteiger partial charge in [0.05, 0.1) is 6.61 Å². The molecule has 0 aromatic rings. The lowest BCUT2D eigenvalue weighted by molar-refractivity contribution is 0.0855. The highest BCUT2D eigenvalue weighted by atomic mass is 16.6. The number of piperidine rings is 1. The predicted molar refractivity (Wildman–Crippen MR) is 55.0 cm³/mol. The first-order valence-electron chi connectivity index (χ1n) is 5.32. The van der Waals surface area contributed by atoms with Gasteiger partial charge in [-0.15, -0.1) is 0 Å². The first kappa shape index (κ1) is 11.3. The molecule has 4 nitrogen and oxygen atoms in total. The summed E-state index contributed by atoms with van der Waals surface area (Å²) in [7, 11) is 0. The van der Waals surface area contributed by atoms with Crippen molar-refractivity contribution in [2.75, 3.05) is 19.7 Å². The monoisotopic (exact) mass is 200 g/mol. The molecule has 1 aliphatic rings. The Hall–Kier alpha value is -0.770. The normalized spacial score (nSPS) is 24.5. The Balaban J connectivity index is 2.43. The first-order valence-corrected chi connectivity index (χ1v) is 5.32. The minimum absolute atomic E-state index is 0.159. The van der Waals surface area contributed by atoms with Crippen molar-refractivity contribution in [3.8, 4) is 0 Å². The zero-order valence-corrected chi connectivity index (χ0v) is 9.03. The number of amides is 1. The van der Waals surface area contributed by atoms with Crippen LogP contribution in [-0.4, -0.2) is 36.7 Å². The van der Waals surface area contributed by atoms with Crippen molar-refractivity contribution < 1.29 is 9.53 Å². The lowest BCUT2D eigenvalue weighted by Gasteiger charge is -2.33. The minimum atomic E-state index is -0.196. The number of ether oxygens (including phenoxy) is 1. The third-order valence-corrected chi connectivity index (χ3v) is 2.73. The zero-order chi connectivity index (χ0) is 10.6. The van der Waals surface area contributed by atoms with Gasteiger partial charge in [-0.05, 0) is 32.6 Å². The summed E-state index contributed by atoms with van der Waals surface area (Å²) in [6, 6.07) is 0.159. The highest BCUT2D eigenvalue weighted by Gasteiger charge is 2.26. The number of rotatable bonds is 2. The average molecular weight is 200 g/mol. The first-order chi connectivity index (χ1) is 6.65. The van der Waals surface area contributed by atoms with Crippen molar-refractivity contribution in [3.63, 3.8) is 0 Å². The third kappa shape index (κ3) is 2.87. The van der Waals surface area contributed by atoms with Crippen LogP contribution >= 0.6 is 0 Å². The summed E-state index contributed by atoms with van der Waals surface area (Å²) in [5.74, 6) is 0.424. The van der Waals surface area contributed by atoms with E-state index < -0.39 is 0 Å². The van der Waals surface area contributed by atoms with Crippen molar-refractivity contribution in [3.05, 3.63) is 0 Å². The molecule has 0 radical (unpaired) electrons. The Morgan fingerprint density at radius 2 is 2.43 bits per heavy atom. The van der Waals surface area contributed by atoms with Gasteiger partial charge in [0.1, 0.15) is 0 Å². The maximum Gasteiger partial charge on any atom is 0.409 e. The second-order valence-electron chi connectivity index (χ2n) is 3.91. The van der Waals surface area contributed by atoms with E-state index in [1.807, 2.05) is 13.8 Å². The molecular weight excluding hydrogens is 180 g/mol. The summed E-state index contributed by atoms with van der Waals surface area (Å²) in [4.78, 5) is 13.2. The van der Waals surface area contributed by atoms with E-state index in [4.69, 9.17) is 10.5 Å². The number of carbonyl (C=O) groups excluding carboxylic acids is 1. The van der Waals surface area contributed by atoms with Gasteiger partial charge < -0.3 is 15.4 Å². The number of likely N-dealkylation sites (tertiary alicyclic amines) is 1. The predicted octanol–water partition coefficient (Wildman–Crippen LogP) is 1.20. The van der Waals surface area contributed by atoms with E-state index in [2.05, 4.69) is 0 Å². The molecule has 1 aliphatic heterocycles. The van der Waals surface area contributed by atoms with Crippen molar-refractivity contribution in [2.24, 2.45) is 11.7 Å². The number of carbonyl (C=O) groups is 1. The highest BCUT2D eigenvalue weighted by Crippen LogP contribution is 2.19. The second kappa shape index (κ2) is 5.20. The molecule has 2 unspecified atom stereocenters. The summed E-state index contributed by atoms with van der Waals surface area (Å²) in [5.41, 5.74) is 5.82. The van der Waals surface area contributed by atoms with Crippen molar-refractivity contribution in [1.29, 1.82) is 0 Å². The summed E-state index contributed by atoms with van der Waals surface area (Å²) in [5, 5.41) is 0. The molecule has 1 rings (SSSR count). The van der Waals surface area contributed by atoms with E-state index in [1.54, 1.807) is 4.90 Å². The summed E-state index contributed by atoms with van der Waals surface area (Å²) in [6.07, 6.45) is 1.95. The molecule has 0 bridgehead atoms. The number of nitrogens with two attached hydrogens (primary N) is 1. The van der Waals surface area contributed by atoms with E-state index in [-0.39, 0.29) is 12.1 Å². The lowest BCUT2D eigenvalue weighted by atomic mass is 9.92. The van der Waals surface area contributed by atoms with Gasteiger partial charge in [-0.25, -0.2) is 4.79 Å². The number of hydrogen-bond acceptors (Lipinski definition) is 3. The highest BCUT2D eigenvalue weighted by molar-refractivity contribution is 5.67. The molecule has 1 heterocycles. The van der Waals surface area contributed by atoms with Crippen LogP contribution in [0.3, 0.4) is 0 Å². The topological polar surface area (TPSA) is 55.6 Å². The molecule has 0 aromatic carbocycles. The molecule has 4 heteroatoms. The smallest absolute Gasteiger partial charge is 0.409 e. The minimum Gasteiger partial charge on any atom is -0.450 e. The van der Waals surface area contributed by atoms with Crippen LogP contribution in [0.2, 0.25) is 0 Å². The molecule has 2 N–H and O–H groups in total. The Morgan fingerprint density at radius 3 is 3.00 bits per heavy atom. The molecule has 0 aromatic heterocycles. The van der Waals surface area contributed by atoms with Crippen LogP contribution in [0, 0.1) is 5.92 Å². The Labute approximate surface area is 85.4 Å². The van der Waals surface area contributed by atoms with E-state index in [9.17, 15) is 4.79 Å². The van der Waals surface area contributed by atoms with Crippen LogP contribution in [0.15, 0.2) is 0 Å². The second-order valence-corrected chi connectivity index (χ2v) is 3.91. The number of hydrogen-bond donors (Lipinski definition) is 1. The SMILES string of the molecule is CCOC(=O)N1CCCC(C(C)N)C1. The Morgan fingerprint density at radius 1 is 1.71 bits per heavy atom. The molecule has 1 saturated heterocycles. The van der Waals surface area contributed by atoms with E-state index >= 15 is 0 Å². The van der Waals surface area contributed by atoms with Crippen molar-refractivity contribution >= 4 is 6.09 Å². The maximum atomic E-state index is 11.4. The Kier molecular flexibility index (Phi) is 4.20. The fraction of sp³-hybridized carbons (Fsp3) is 0.900. The molecule has 0 saturated carbocycles. The Bertz CT molecular complexity index is 195. The standard InChI is InChI=1S/C10H20N2O2/c1-3-14-10(13)12-6-4-5-9(7-12)8(2)11/h8-9H,3-7,11H2,1-2H3. The van der Waals surface area contributed by atoms with Gasteiger partial charge in [0, 0.05) is 19.1 Å². The van der Waals surface area contributed by atoms with Crippen LogP contribution in [0.25, 0.3) is 0 Å². The summed E-state index contributed by atoms with van der Waals surface area (Å²) in [6.45, 7) is 5.82. The van der Waals surface area contributed by atoms with Crippen LogP contribution in [0.1, 0.15) is 26.7 Å². The van der Waals surface area contributed by atoms with Gasteiger partial charge in [-0.2, -0.15) is 0 Å². The molecule has 0 aliphatic carbocycles. The largest absolute Gasteiger partial charge is 0.450 e. The van der Waals surface area contributed by atoms with E-state index in [0.29, 0.717) is 12.5 Å². The number of nitrogens with zero attached hydrogens (tertiary/aromatic N) is 1. The molecular formula is C10H20N2O2. The van der Waals surface area contributed by atoms with Crippen LogP contribution < -0.4 is 5.73 Å². The molecule has 2 atom stereocenters. The van der Waals surface area contributed by atoms with Crippen LogP contribution in [0.4, 0.5) is 4.79 Å². The van der Waals surface area contributed by atoms with Gasteiger partial charge in [-0.1, -0.05) is 0 Å². The molecule has 1 amide bonds. The summed E-state index contributed by atoms with van der Waals surface area (Å²) >= 11 is 0. The van der Waals surface area contributed by atoms with Crippen molar-refractivity contribution in [2.45, 2.75) is 32.7 Å². The van der Waals surface area contributed by atoms with Crippen LogP contribution in [0.5, 0.6) is 0 Å². The molecule has 1 fully saturated rings. The van der Waals surface area contributed by atoms with Crippen LogP contribution in [-0.2, 0) is 4.74 Å². The fourth-order valence-electron chi connectivity index (χ4n) is 1.82. The van der Waals surface area contributed by atoms with Gasteiger partial charge >= 0.3 is 6.09 Å². The maximum absolute atomic E-state index is 11.4. The van der Waals surface area contributed by atoms with Gasteiger partial charge in [0.25, 0.3) is 0 Å². The average Bonchev–Trinajstić information content (AvgIpc) is 2.18. The third-order valence-electron chi connectivity index (χ3n) is 2.73. The van der Waals surface area contributed by atoms with E-state index in [0.717, 1.165) is 25.9 Å². The summed E-state index contributed by atoms with van der Waals surface area (Å²) < 4.78 is 4.96. The van der Waals surface area contributed by atoms with Gasteiger partial charge in [-0.3, -0.25) is 0 Å². The molecule has 0 spiro atoms. The van der Waals surface area contributed by atoms with Crippen molar-refractivity contribution in [1.82, 2.24) is 4.90 Å². The van der Waals surface area contributed by atoms with Gasteiger partial charge in [0.2, 0.25) is 0 Å².